The average molecular weight is 365 g/mol. The summed E-state index contributed by atoms with van der Waals surface area (Å²) in [5.41, 5.74) is 0.725. The molecule has 0 radical (unpaired) electrons. The van der Waals surface area contributed by atoms with Crippen molar-refractivity contribution in [3.05, 3.63) is 46.3 Å². The van der Waals surface area contributed by atoms with Crippen LogP contribution in [0.5, 0.6) is 0 Å². The van der Waals surface area contributed by atoms with Crippen molar-refractivity contribution in [2.24, 2.45) is 11.8 Å². The largest absolute Gasteiger partial charge is 0.337 e. The lowest BCUT2D eigenvalue weighted by Crippen LogP contribution is -2.32. The summed E-state index contributed by atoms with van der Waals surface area (Å²) < 4.78 is 1.39. The lowest BCUT2D eigenvalue weighted by atomic mass is 10.0. The molecule has 9 nitrogen and oxygen atoms in total. The second-order valence-corrected chi connectivity index (χ2v) is 6.21. The number of halogens is 1. The fraction of sp³-hybridized carbons (Fsp3) is 0.400. The van der Waals surface area contributed by atoms with E-state index in [-0.39, 0.29) is 29.7 Å². The highest BCUT2D eigenvalue weighted by molar-refractivity contribution is 5.92. The van der Waals surface area contributed by atoms with Crippen LogP contribution in [-0.4, -0.2) is 56.9 Å². The molecule has 0 spiro atoms. The van der Waals surface area contributed by atoms with Crippen LogP contribution in [0.25, 0.3) is 5.69 Å². The molecule has 3 heterocycles. The summed E-state index contributed by atoms with van der Waals surface area (Å²) in [7, 11) is 0. The maximum absolute atomic E-state index is 12.6. The van der Waals surface area contributed by atoms with Gasteiger partial charge in [0, 0.05) is 38.3 Å². The SMILES string of the molecule is Cl.O=C(c1cn(-c2cccc([N+](=O)[O-])c2)nn1)N1C[C@H]2CNC[C@H]2C1. The first kappa shape index (κ1) is 17.3. The standard InChI is InChI=1S/C15H16N6O3.ClH/c22-15(19-7-10-5-16-6-11(10)8-19)14-9-20(18-17-14)12-2-1-3-13(4-12)21(23)24;/h1-4,9-11,16H,5-8H2;1H/t10-,11+;. The summed E-state index contributed by atoms with van der Waals surface area (Å²) in [6.45, 7) is 3.38. The van der Waals surface area contributed by atoms with Gasteiger partial charge in [0.1, 0.15) is 0 Å². The molecular formula is C15H17ClN6O3. The van der Waals surface area contributed by atoms with Gasteiger partial charge in [0.25, 0.3) is 11.6 Å². The minimum atomic E-state index is -0.469. The number of nitro groups is 1. The number of likely N-dealkylation sites (tertiary alicyclic amines) is 1. The van der Waals surface area contributed by atoms with E-state index >= 15 is 0 Å². The molecule has 0 unspecified atom stereocenters. The Labute approximate surface area is 149 Å². The molecule has 132 valence electrons. The summed E-state index contributed by atoms with van der Waals surface area (Å²) in [6, 6.07) is 6.06. The van der Waals surface area contributed by atoms with Crippen molar-refractivity contribution < 1.29 is 9.72 Å². The number of nitro benzene ring substituents is 1. The quantitative estimate of drug-likeness (QED) is 0.640. The third-order valence-corrected chi connectivity index (χ3v) is 4.69. The topological polar surface area (TPSA) is 106 Å². The van der Waals surface area contributed by atoms with Crippen molar-refractivity contribution in [1.29, 1.82) is 0 Å². The molecular weight excluding hydrogens is 348 g/mol. The predicted molar refractivity (Wildman–Crippen MR) is 91.0 cm³/mol. The van der Waals surface area contributed by atoms with Gasteiger partial charge in [-0.05, 0) is 17.9 Å². The van der Waals surface area contributed by atoms with E-state index in [9.17, 15) is 14.9 Å². The number of nitrogens with zero attached hydrogens (tertiary/aromatic N) is 5. The maximum Gasteiger partial charge on any atom is 0.276 e. The number of carbonyl (C=O) groups is 1. The van der Waals surface area contributed by atoms with Gasteiger partial charge in [-0.3, -0.25) is 14.9 Å². The molecule has 2 saturated heterocycles. The van der Waals surface area contributed by atoms with E-state index in [1.165, 1.54) is 23.0 Å². The summed E-state index contributed by atoms with van der Waals surface area (Å²) in [4.78, 5) is 24.8. The number of rotatable bonds is 3. The van der Waals surface area contributed by atoms with Crippen molar-refractivity contribution in [2.45, 2.75) is 0 Å². The number of carbonyl (C=O) groups excluding carboxylic acids is 1. The van der Waals surface area contributed by atoms with Gasteiger partial charge in [0.15, 0.2) is 5.69 Å². The summed E-state index contributed by atoms with van der Waals surface area (Å²) in [5.74, 6) is 0.891. The molecule has 1 amide bonds. The monoisotopic (exact) mass is 364 g/mol. The highest BCUT2D eigenvalue weighted by Gasteiger charge is 2.38. The second-order valence-electron chi connectivity index (χ2n) is 6.21. The summed E-state index contributed by atoms with van der Waals surface area (Å²) in [6.07, 6.45) is 1.52. The van der Waals surface area contributed by atoms with Crippen molar-refractivity contribution in [3.8, 4) is 5.69 Å². The molecule has 2 aromatic rings. The van der Waals surface area contributed by atoms with Gasteiger partial charge < -0.3 is 10.2 Å². The molecule has 1 aromatic carbocycles. The zero-order valence-electron chi connectivity index (χ0n) is 13.2. The fourth-order valence-corrected chi connectivity index (χ4v) is 3.42. The highest BCUT2D eigenvalue weighted by atomic mass is 35.5. The van der Waals surface area contributed by atoms with Crippen LogP contribution in [0.15, 0.2) is 30.5 Å². The van der Waals surface area contributed by atoms with Gasteiger partial charge in [0.2, 0.25) is 0 Å². The zero-order chi connectivity index (χ0) is 16.7. The number of amides is 1. The summed E-state index contributed by atoms with van der Waals surface area (Å²) in [5, 5.41) is 22.1. The first-order valence-electron chi connectivity index (χ1n) is 7.79. The molecule has 0 aliphatic carbocycles. The van der Waals surface area contributed by atoms with Crippen LogP contribution < -0.4 is 5.32 Å². The van der Waals surface area contributed by atoms with Crippen LogP contribution in [0.3, 0.4) is 0 Å². The molecule has 2 fully saturated rings. The molecule has 2 atom stereocenters. The third-order valence-electron chi connectivity index (χ3n) is 4.69. The molecule has 0 bridgehead atoms. The smallest absolute Gasteiger partial charge is 0.276 e. The average Bonchev–Trinajstić information content (AvgIpc) is 3.29. The normalized spacial score (nSPS) is 21.7. The Bertz CT molecular complexity index is 798. The number of non-ortho nitro benzene ring substituents is 1. The number of fused-ring (bicyclic) bond motifs is 1. The molecule has 0 saturated carbocycles. The Morgan fingerprint density at radius 3 is 2.68 bits per heavy atom. The van der Waals surface area contributed by atoms with Gasteiger partial charge in [-0.25, -0.2) is 4.68 Å². The molecule has 2 aliphatic heterocycles. The van der Waals surface area contributed by atoms with Gasteiger partial charge >= 0.3 is 0 Å². The minimum absolute atomic E-state index is 0. The maximum atomic E-state index is 12.6. The van der Waals surface area contributed by atoms with E-state index in [1.807, 2.05) is 4.90 Å². The van der Waals surface area contributed by atoms with Crippen LogP contribution in [0, 0.1) is 22.0 Å². The van der Waals surface area contributed by atoms with E-state index in [0.717, 1.165) is 26.2 Å². The van der Waals surface area contributed by atoms with E-state index in [0.29, 0.717) is 17.5 Å². The van der Waals surface area contributed by atoms with E-state index in [1.54, 1.807) is 12.1 Å². The van der Waals surface area contributed by atoms with Crippen LogP contribution >= 0.6 is 12.4 Å². The number of aromatic nitrogens is 3. The van der Waals surface area contributed by atoms with Crippen molar-refractivity contribution in [2.75, 3.05) is 26.2 Å². The summed E-state index contributed by atoms with van der Waals surface area (Å²) >= 11 is 0. The fourth-order valence-electron chi connectivity index (χ4n) is 3.42. The van der Waals surface area contributed by atoms with Gasteiger partial charge in [0.05, 0.1) is 16.8 Å². The lowest BCUT2D eigenvalue weighted by molar-refractivity contribution is -0.384. The molecule has 1 N–H and O–H groups in total. The van der Waals surface area contributed by atoms with Crippen molar-refractivity contribution in [3.63, 3.8) is 0 Å². The van der Waals surface area contributed by atoms with Gasteiger partial charge in [-0.1, -0.05) is 11.3 Å². The van der Waals surface area contributed by atoms with E-state index in [2.05, 4.69) is 15.6 Å². The van der Waals surface area contributed by atoms with Gasteiger partial charge in [-0.15, -0.1) is 17.5 Å². The van der Waals surface area contributed by atoms with Crippen LogP contribution in [0.1, 0.15) is 10.5 Å². The zero-order valence-corrected chi connectivity index (χ0v) is 14.1. The van der Waals surface area contributed by atoms with Crippen molar-refractivity contribution >= 4 is 24.0 Å². The first-order chi connectivity index (χ1) is 11.6. The predicted octanol–water partition coefficient (Wildman–Crippen LogP) is 0.889. The Balaban J connectivity index is 0.00000182. The van der Waals surface area contributed by atoms with Crippen molar-refractivity contribution in [1.82, 2.24) is 25.2 Å². The Morgan fingerprint density at radius 1 is 1.28 bits per heavy atom. The first-order valence-corrected chi connectivity index (χ1v) is 7.79. The molecule has 1 aromatic heterocycles. The Morgan fingerprint density at radius 2 is 2.00 bits per heavy atom. The molecule has 2 aliphatic rings. The second kappa shape index (κ2) is 6.77. The van der Waals surface area contributed by atoms with E-state index in [4.69, 9.17) is 0 Å². The molecule has 10 heteroatoms. The van der Waals surface area contributed by atoms with Crippen LogP contribution in [0.2, 0.25) is 0 Å². The lowest BCUT2D eigenvalue weighted by Gasteiger charge is -2.15. The Hall–Kier alpha value is -2.52. The van der Waals surface area contributed by atoms with Crippen LogP contribution in [0.4, 0.5) is 5.69 Å². The number of benzene rings is 1. The number of hydrogen-bond donors (Lipinski definition) is 1. The number of nitrogens with one attached hydrogen (secondary N) is 1. The van der Waals surface area contributed by atoms with Crippen LogP contribution in [-0.2, 0) is 0 Å². The highest BCUT2D eigenvalue weighted by Crippen LogP contribution is 2.27. The molecule has 4 rings (SSSR count). The number of hydrogen-bond acceptors (Lipinski definition) is 6. The van der Waals surface area contributed by atoms with E-state index < -0.39 is 4.92 Å². The minimum Gasteiger partial charge on any atom is -0.337 e. The third kappa shape index (κ3) is 3.20. The van der Waals surface area contributed by atoms with Gasteiger partial charge in [-0.2, -0.15) is 0 Å². The molecule has 25 heavy (non-hydrogen) atoms. The Kier molecular flexibility index (Phi) is 4.69.